The monoisotopic (exact) mass is 805 g/mol. The Morgan fingerprint density at radius 1 is 0.828 bits per heavy atom. The Morgan fingerprint density at radius 2 is 1.47 bits per heavy atom. The molecule has 314 valence electrons. The van der Waals surface area contributed by atoms with Gasteiger partial charge in [0.05, 0.1) is 25.3 Å². The Hall–Kier alpha value is -5.64. The molecule has 6 N–H and O–H groups in total. The minimum absolute atomic E-state index is 0.0301. The van der Waals surface area contributed by atoms with Crippen molar-refractivity contribution in [3.63, 3.8) is 0 Å². The van der Waals surface area contributed by atoms with E-state index in [1.807, 2.05) is 30.3 Å². The fourth-order valence-corrected chi connectivity index (χ4v) is 7.55. The minimum Gasteiger partial charge on any atom is -0.481 e. The molecule has 16 nitrogen and oxygen atoms in total. The summed E-state index contributed by atoms with van der Waals surface area (Å²) in [5.41, 5.74) is 1.16. The molecule has 2 aromatic carbocycles. The lowest BCUT2D eigenvalue weighted by Crippen LogP contribution is -2.59. The predicted molar refractivity (Wildman–Crippen MR) is 209 cm³/mol. The lowest BCUT2D eigenvalue weighted by Gasteiger charge is -2.35. The molecule has 16 heteroatoms. The summed E-state index contributed by atoms with van der Waals surface area (Å²) in [6.07, 6.45) is 3.59. The number of hydrogen-bond donors (Lipinski definition) is 6. The van der Waals surface area contributed by atoms with Crippen molar-refractivity contribution in [3.05, 3.63) is 71.8 Å². The number of ether oxygens (including phenoxy) is 1. The van der Waals surface area contributed by atoms with Crippen molar-refractivity contribution in [1.82, 2.24) is 26.2 Å². The maximum absolute atomic E-state index is 14.6. The van der Waals surface area contributed by atoms with Crippen LogP contribution in [0.1, 0.15) is 89.3 Å². The van der Waals surface area contributed by atoms with Crippen LogP contribution in [-0.4, -0.2) is 99.7 Å². The van der Waals surface area contributed by atoms with Gasteiger partial charge in [-0.15, -0.1) is 0 Å². The van der Waals surface area contributed by atoms with Crippen LogP contribution < -0.4 is 21.3 Å². The smallest absolute Gasteiger partial charge is 0.330 e. The maximum Gasteiger partial charge on any atom is 0.330 e. The zero-order valence-corrected chi connectivity index (χ0v) is 33.2. The zero-order chi connectivity index (χ0) is 42.4. The van der Waals surface area contributed by atoms with E-state index in [4.69, 9.17) is 4.74 Å². The van der Waals surface area contributed by atoms with E-state index in [0.717, 1.165) is 24.8 Å². The molecule has 0 bridgehead atoms. The van der Waals surface area contributed by atoms with Crippen LogP contribution >= 0.6 is 0 Å². The fourth-order valence-electron chi connectivity index (χ4n) is 7.55. The van der Waals surface area contributed by atoms with E-state index in [0.29, 0.717) is 24.8 Å². The van der Waals surface area contributed by atoms with Gasteiger partial charge in [0.1, 0.15) is 18.0 Å². The van der Waals surface area contributed by atoms with E-state index in [1.165, 1.54) is 17.0 Å². The van der Waals surface area contributed by atoms with Crippen LogP contribution in [0, 0.1) is 17.8 Å². The average molecular weight is 806 g/mol. The molecule has 2 aliphatic rings. The summed E-state index contributed by atoms with van der Waals surface area (Å²) in [6.45, 7) is 4.39. The summed E-state index contributed by atoms with van der Waals surface area (Å²) >= 11 is 0. The number of carbonyl (C=O) groups is 8. The summed E-state index contributed by atoms with van der Waals surface area (Å²) < 4.78 is 6.18. The van der Waals surface area contributed by atoms with E-state index in [9.17, 15) is 48.6 Å². The van der Waals surface area contributed by atoms with E-state index in [1.54, 1.807) is 39.0 Å². The first kappa shape index (κ1) is 45.1. The summed E-state index contributed by atoms with van der Waals surface area (Å²) in [7, 11) is 0. The van der Waals surface area contributed by atoms with Crippen LogP contribution in [0.4, 0.5) is 0 Å². The normalized spacial score (nSPS) is 18.9. The van der Waals surface area contributed by atoms with Gasteiger partial charge in [0.25, 0.3) is 5.91 Å². The van der Waals surface area contributed by atoms with Crippen molar-refractivity contribution in [2.45, 2.75) is 109 Å². The molecule has 1 saturated carbocycles. The number of carboxylic acids is 2. The number of likely N-dealkylation sites (tertiary alicyclic amines) is 1. The summed E-state index contributed by atoms with van der Waals surface area (Å²) in [4.78, 5) is 107. The molecular weight excluding hydrogens is 750 g/mol. The Morgan fingerprint density at radius 3 is 2.05 bits per heavy atom. The molecule has 0 aromatic heterocycles. The quantitative estimate of drug-likeness (QED) is 0.0840. The number of nitrogens with zero attached hydrogens (tertiary/aromatic N) is 1. The zero-order valence-electron chi connectivity index (χ0n) is 33.2. The maximum atomic E-state index is 14.6. The first-order valence-corrected chi connectivity index (χ1v) is 19.9. The third-order valence-electron chi connectivity index (χ3n) is 10.6. The molecule has 4 rings (SSSR count). The second-order valence-corrected chi connectivity index (χ2v) is 15.3. The molecule has 1 heterocycles. The lowest BCUT2D eigenvalue weighted by molar-refractivity contribution is -0.151. The molecule has 1 aliphatic heterocycles. The number of nitrogens with one attached hydrogen (secondary N) is 4. The van der Waals surface area contributed by atoms with E-state index in [2.05, 4.69) is 21.3 Å². The van der Waals surface area contributed by atoms with Gasteiger partial charge >= 0.3 is 11.9 Å². The SMILES string of the molecule is CCCC(NC(=O)[C@@H]1C[C@@H](OCc2ccccc2)CN1C(=O)C(NC(=O)C(C(=O)O)C(C)C)C1CCCCC1)C(=O)C(=O)NCC(=O)NC(C(=O)O)c1ccccc1. The largest absolute Gasteiger partial charge is 0.481 e. The Labute approximate surface area is 337 Å². The van der Waals surface area contributed by atoms with Gasteiger partial charge in [-0.2, -0.15) is 0 Å². The van der Waals surface area contributed by atoms with E-state index >= 15 is 0 Å². The standard InChI is InChI=1S/C42H55N5O11/c1-4-14-30(36(49)39(52)43-22-32(48)45-35(42(56)57)28-19-12-7-13-20-28)44-37(50)31-21-29(58-24-26-15-8-5-9-16-26)23-47(31)40(53)34(27-17-10-6-11-18-27)46-38(51)33(25(2)3)41(54)55/h5,7-9,12-13,15-16,19-20,25,27,29-31,33-35H,4,6,10-11,14,17-18,21-24H2,1-3H3,(H,43,52)(H,44,50)(H,45,48)(H,46,51)(H,54,55)(H,56,57)/t29-,30?,31+,33?,34?,35?/m1/s1. The molecule has 0 spiro atoms. The molecule has 5 amide bonds. The Bertz CT molecular complexity index is 1770. The van der Waals surface area contributed by atoms with Gasteiger partial charge in [0.2, 0.25) is 29.4 Å². The summed E-state index contributed by atoms with van der Waals surface area (Å²) in [5, 5.41) is 29.4. The second-order valence-electron chi connectivity index (χ2n) is 15.3. The molecule has 0 radical (unpaired) electrons. The van der Waals surface area contributed by atoms with Crippen LogP contribution in [0.5, 0.6) is 0 Å². The molecular formula is C42H55N5O11. The number of carbonyl (C=O) groups excluding carboxylic acids is 6. The average Bonchev–Trinajstić information content (AvgIpc) is 3.65. The number of benzene rings is 2. The van der Waals surface area contributed by atoms with Gasteiger partial charge in [-0.25, -0.2) is 4.79 Å². The van der Waals surface area contributed by atoms with Gasteiger partial charge in [-0.05, 0) is 42.2 Å². The highest BCUT2D eigenvalue weighted by atomic mass is 16.5. The van der Waals surface area contributed by atoms with Crippen LogP contribution in [0.2, 0.25) is 0 Å². The van der Waals surface area contributed by atoms with Crippen LogP contribution in [0.15, 0.2) is 60.7 Å². The number of ketones is 1. The van der Waals surface area contributed by atoms with Crippen molar-refractivity contribution >= 4 is 47.3 Å². The van der Waals surface area contributed by atoms with Crippen LogP contribution in [0.3, 0.4) is 0 Å². The number of rotatable bonds is 20. The van der Waals surface area contributed by atoms with Crippen LogP contribution in [-0.2, 0) is 49.7 Å². The summed E-state index contributed by atoms with van der Waals surface area (Å²) in [6, 6.07) is 12.2. The first-order valence-electron chi connectivity index (χ1n) is 19.9. The number of amides is 5. The van der Waals surface area contributed by atoms with Crippen molar-refractivity contribution in [1.29, 1.82) is 0 Å². The second kappa shape index (κ2) is 21.8. The first-order chi connectivity index (χ1) is 27.7. The van der Waals surface area contributed by atoms with Crippen molar-refractivity contribution in [2.75, 3.05) is 13.1 Å². The molecule has 6 atom stereocenters. The molecule has 58 heavy (non-hydrogen) atoms. The lowest BCUT2D eigenvalue weighted by atomic mass is 9.82. The van der Waals surface area contributed by atoms with Gasteiger partial charge in [-0.3, -0.25) is 33.6 Å². The number of hydrogen-bond acceptors (Lipinski definition) is 9. The third-order valence-corrected chi connectivity index (χ3v) is 10.6. The predicted octanol–water partition coefficient (Wildman–Crippen LogP) is 2.51. The van der Waals surface area contributed by atoms with E-state index in [-0.39, 0.29) is 31.9 Å². The Kier molecular flexibility index (Phi) is 16.9. The Balaban J connectivity index is 1.52. The minimum atomic E-state index is -1.40. The molecule has 1 aliphatic carbocycles. The fraction of sp³-hybridized carbons (Fsp3) is 0.524. The van der Waals surface area contributed by atoms with Gasteiger partial charge in [0.15, 0.2) is 6.04 Å². The number of Topliss-reactive ketones (excluding diaryl/α,β-unsaturated/α-hetero) is 1. The summed E-state index contributed by atoms with van der Waals surface area (Å²) in [5.74, 6) is -10.1. The third kappa shape index (κ3) is 12.4. The van der Waals surface area contributed by atoms with Crippen LogP contribution in [0.25, 0.3) is 0 Å². The van der Waals surface area contributed by atoms with Gasteiger partial charge in [-0.1, -0.05) is 107 Å². The highest BCUT2D eigenvalue weighted by Crippen LogP contribution is 2.31. The van der Waals surface area contributed by atoms with Crippen molar-refractivity contribution < 1.29 is 53.3 Å². The van der Waals surface area contributed by atoms with Crippen molar-refractivity contribution in [2.24, 2.45) is 17.8 Å². The number of carboxylic acid groups (broad SMARTS) is 2. The molecule has 2 fully saturated rings. The van der Waals surface area contributed by atoms with Crippen molar-refractivity contribution in [3.8, 4) is 0 Å². The number of aliphatic carboxylic acids is 2. The highest BCUT2D eigenvalue weighted by molar-refractivity contribution is 6.38. The highest BCUT2D eigenvalue weighted by Gasteiger charge is 2.46. The van der Waals surface area contributed by atoms with E-state index < -0.39 is 95.9 Å². The molecule has 4 unspecified atom stereocenters. The molecule has 1 saturated heterocycles. The molecule has 2 aromatic rings. The van der Waals surface area contributed by atoms with Gasteiger partial charge < -0.3 is 41.1 Å². The topological polar surface area (TPSA) is 238 Å². The van der Waals surface area contributed by atoms with Gasteiger partial charge in [0, 0.05) is 13.0 Å².